The fourth-order valence-corrected chi connectivity index (χ4v) is 8.89. The number of hydrogen-bond acceptors (Lipinski definition) is 4. The Labute approximate surface area is 318 Å². The third kappa shape index (κ3) is 4.10. The summed E-state index contributed by atoms with van der Waals surface area (Å²) in [4.78, 5) is 10.6. The van der Waals surface area contributed by atoms with Gasteiger partial charge in [0.2, 0.25) is 5.95 Å². The minimum atomic E-state index is 0.797. The van der Waals surface area contributed by atoms with Crippen LogP contribution in [0.4, 0.5) is 0 Å². The molecule has 5 aromatic heterocycles. The number of nitrogens with zero attached hydrogens (tertiary/aromatic N) is 4. The first-order chi connectivity index (χ1) is 27.7. The monoisotopic (exact) mass is 716 g/mol. The Morgan fingerprint density at radius 2 is 0.804 bits per heavy atom. The molecule has 13 aromatic rings. The predicted molar refractivity (Wildman–Crippen MR) is 228 cm³/mol. The number of para-hydroxylation sites is 5. The van der Waals surface area contributed by atoms with Gasteiger partial charge in [-0.1, -0.05) is 84.9 Å². The van der Waals surface area contributed by atoms with E-state index >= 15 is 0 Å². The summed E-state index contributed by atoms with van der Waals surface area (Å²) >= 11 is 0. The molecular formula is C50H28N4O2. The number of fused-ring (bicyclic) bond motifs is 14. The third-order valence-electron chi connectivity index (χ3n) is 11.5. The Hall–Kier alpha value is -7.70. The van der Waals surface area contributed by atoms with E-state index in [1.807, 2.05) is 36.4 Å². The lowest BCUT2D eigenvalue weighted by atomic mass is 9.98. The maximum absolute atomic E-state index is 6.19. The van der Waals surface area contributed by atoms with E-state index in [1.165, 1.54) is 0 Å². The van der Waals surface area contributed by atoms with Crippen molar-refractivity contribution in [1.82, 2.24) is 18.9 Å². The smallest absolute Gasteiger partial charge is 0.221 e. The summed E-state index contributed by atoms with van der Waals surface area (Å²) in [5, 5.41) is 7.75. The molecule has 0 unspecified atom stereocenters. The zero-order valence-corrected chi connectivity index (χ0v) is 29.8. The summed E-state index contributed by atoms with van der Waals surface area (Å²) in [5.41, 5.74) is 13.9. The molecule has 6 nitrogen and oxygen atoms in total. The van der Waals surface area contributed by atoms with Crippen molar-refractivity contribution in [2.24, 2.45) is 0 Å². The lowest BCUT2D eigenvalue weighted by Gasteiger charge is -2.13. The van der Waals surface area contributed by atoms with Gasteiger partial charge in [-0.25, -0.2) is 9.97 Å². The van der Waals surface area contributed by atoms with Crippen molar-refractivity contribution in [3.05, 3.63) is 170 Å². The predicted octanol–water partition coefficient (Wildman–Crippen LogP) is 13.3. The van der Waals surface area contributed by atoms with Crippen molar-refractivity contribution in [1.29, 1.82) is 0 Å². The van der Waals surface area contributed by atoms with E-state index in [4.69, 9.17) is 18.8 Å². The van der Waals surface area contributed by atoms with Crippen LogP contribution in [0.15, 0.2) is 179 Å². The maximum Gasteiger partial charge on any atom is 0.221 e. The van der Waals surface area contributed by atoms with Crippen molar-refractivity contribution >= 4 is 93.3 Å². The van der Waals surface area contributed by atoms with Crippen LogP contribution >= 0.6 is 0 Å². The normalized spacial score (nSPS) is 12.3. The Kier molecular flexibility index (Phi) is 5.80. The first-order valence-corrected chi connectivity index (χ1v) is 18.8. The molecule has 0 aliphatic rings. The molecule has 0 atom stereocenters. The first kappa shape index (κ1) is 29.7. The SMILES string of the molecule is c1ccc2c(c1)nc(-n1c3ccc(-c4ccc5oc6ccccc6c5c4)cc3c3cc(-c4ccc5oc6ccccc6c5c4)ccc31)n1c3ccccc3nc21. The van der Waals surface area contributed by atoms with Gasteiger partial charge in [-0.3, -0.25) is 8.97 Å². The first-order valence-electron chi connectivity index (χ1n) is 18.8. The van der Waals surface area contributed by atoms with E-state index < -0.39 is 0 Å². The van der Waals surface area contributed by atoms with Gasteiger partial charge in [0.05, 0.1) is 27.6 Å². The van der Waals surface area contributed by atoms with Crippen LogP contribution in [-0.2, 0) is 0 Å². The van der Waals surface area contributed by atoms with Gasteiger partial charge in [0.15, 0.2) is 0 Å². The zero-order valence-electron chi connectivity index (χ0n) is 29.8. The van der Waals surface area contributed by atoms with Crippen LogP contribution in [0, 0.1) is 0 Å². The standard InChI is InChI=1S/C50H28N4O2/c1-4-12-40-35(11-1)49-51-41-13-5-6-14-44(41)54(49)50(52-40)53-42-21-17-29(31-19-23-47-38(27-31)33-9-2-7-15-45(33)55-47)25-36(42)37-26-30(18-22-43(37)53)32-20-24-48-39(28-32)34-10-3-8-16-46(34)56-48/h1-28H. The molecule has 0 spiro atoms. The minimum Gasteiger partial charge on any atom is -0.456 e. The van der Waals surface area contributed by atoms with E-state index in [2.05, 4.69) is 142 Å². The molecule has 0 N–H and O–H groups in total. The molecule has 0 saturated carbocycles. The van der Waals surface area contributed by atoms with Crippen molar-refractivity contribution in [2.45, 2.75) is 0 Å². The largest absolute Gasteiger partial charge is 0.456 e. The van der Waals surface area contributed by atoms with Crippen LogP contribution in [-0.4, -0.2) is 18.9 Å². The molecule has 0 radical (unpaired) electrons. The quantitative estimate of drug-likeness (QED) is 0.183. The summed E-state index contributed by atoms with van der Waals surface area (Å²) in [6.07, 6.45) is 0. The van der Waals surface area contributed by atoms with Crippen molar-refractivity contribution in [3.8, 4) is 28.2 Å². The fourth-order valence-electron chi connectivity index (χ4n) is 8.89. The number of benzene rings is 8. The maximum atomic E-state index is 6.19. The van der Waals surface area contributed by atoms with Crippen molar-refractivity contribution in [3.63, 3.8) is 0 Å². The molecule has 0 amide bonds. The second kappa shape index (κ2) is 10.9. The fraction of sp³-hybridized carbons (Fsp3) is 0. The highest BCUT2D eigenvalue weighted by Gasteiger charge is 2.21. The number of furan rings is 2. The lowest BCUT2D eigenvalue weighted by Crippen LogP contribution is -2.06. The molecule has 0 saturated heterocycles. The van der Waals surface area contributed by atoms with Gasteiger partial charge >= 0.3 is 0 Å². The van der Waals surface area contributed by atoms with Crippen molar-refractivity contribution < 1.29 is 8.83 Å². The molecule has 0 bridgehead atoms. The van der Waals surface area contributed by atoms with Gasteiger partial charge in [0, 0.05) is 37.7 Å². The van der Waals surface area contributed by atoms with Crippen LogP contribution in [0.1, 0.15) is 0 Å². The summed E-state index contributed by atoms with van der Waals surface area (Å²) in [7, 11) is 0. The van der Waals surface area contributed by atoms with E-state index in [0.717, 1.165) is 121 Å². The van der Waals surface area contributed by atoms with E-state index in [-0.39, 0.29) is 0 Å². The Morgan fingerprint density at radius 1 is 0.339 bits per heavy atom. The van der Waals surface area contributed by atoms with Gasteiger partial charge in [-0.15, -0.1) is 0 Å². The summed E-state index contributed by atoms with van der Waals surface area (Å²) < 4.78 is 16.9. The van der Waals surface area contributed by atoms with E-state index in [0.29, 0.717) is 0 Å². The highest BCUT2D eigenvalue weighted by molar-refractivity contribution is 6.13. The topological polar surface area (TPSA) is 61.4 Å². The van der Waals surface area contributed by atoms with Gasteiger partial charge in [-0.05, 0) is 107 Å². The summed E-state index contributed by atoms with van der Waals surface area (Å²) in [6, 6.07) is 59.7. The number of imidazole rings is 1. The molecule has 8 aromatic carbocycles. The number of hydrogen-bond donors (Lipinski definition) is 0. The highest BCUT2D eigenvalue weighted by Crippen LogP contribution is 2.40. The van der Waals surface area contributed by atoms with Crippen LogP contribution in [0.2, 0.25) is 0 Å². The minimum absolute atomic E-state index is 0.797. The second-order valence-corrected chi connectivity index (χ2v) is 14.6. The Morgan fingerprint density at radius 3 is 1.41 bits per heavy atom. The van der Waals surface area contributed by atoms with E-state index in [1.54, 1.807) is 0 Å². The summed E-state index contributed by atoms with van der Waals surface area (Å²) in [5.74, 6) is 0.797. The van der Waals surface area contributed by atoms with Crippen LogP contribution in [0.5, 0.6) is 0 Å². The van der Waals surface area contributed by atoms with Gasteiger partial charge in [-0.2, -0.15) is 0 Å². The molecule has 260 valence electrons. The molecule has 6 heteroatoms. The number of aromatic nitrogens is 4. The van der Waals surface area contributed by atoms with Gasteiger partial charge in [0.1, 0.15) is 28.0 Å². The molecule has 56 heavy (non-hydrogen) atoms. The second-order valence-electron chi connectivity index (χ2n) is 14.6. The molecule has 13 rings (SSSR count). The molecule has 0 aliphatic heterocycles. The van der Waals surface area contributed by atoms with Gasteiger partial charge in [0.25, 0.3) is 0 Å². The summed E-state index contributed by atoms with van der Waals surface area (Å²) in [6.45, 7) is 0. The highest BCUT2D eigenvalue weighted by atomic mass is 16.3. The molecular weight excluding hydrogens is 689 g/mol. The van der Waals surface area contributed by atoms with Crippen LogP contribution in [0.25, 0.3) is 121 Å². The third-order valence-corrected chi connectivity index (χ3v) is 11.5. The molecule has 0 aliphatic carbocycles. The zero-order chi connectivity index (χ0) is 36.5. The number of rotatable bonds is 3. The van der Waals surface area contributed by atoms with Gasteiger partial charge < -0.3 is 8.83 Å². The molecule has 5 heterocycles. The van der Waals surface area contributed by atoms with Crippen molar-refractivity contribution in [2.75, 3.05) is 0 Å². The molecule has 0 fully saturated rings. The average Bonchev–Trinajstić information content (AvgIpc) is 4.01. The van der Waals surface area contributed by atoms with E-state index in [9.17, 15) is 0 Å². The Balaban J connectivity index is 1.11. The van der Waals surface area contributed by atoms with Crippen LogP contribution in [0.3, 0.4) is 0 Å². The lowest BCUT2D eigenvalue weighted by molar-refractivity contribution is 0.668. The Bertz CT molecular complexity index is 3610. The average molecular weight is 717 g/mol. The van der Waals surface area contributed by atoms with Crippen LogP contribution < -0.4 is 0 Å².